The average molecular weight is 209 g/mol. The molecule has 1 N–H and O–H groups in total. The first-order valence-corrected chi connectivity index (χ1v) is 5.03. The van der Waals surface area contributed by atoms with Crippen LogP contribution >= 0.6 is 0 Å². The van der Waals surface area contributed by atoms with Gasteiger partial charge in [-0.25, -0.2) is 4.39 Å². The molecule has 0 heterocycles. The van der Waals surface area contributed by atoms with E-state index >= 15 is 0 Å². The fraction of sp³-hybridized carbons (Fsp3) is 0.417. The summed E-state index contributed by atoms with van der Waals surface area (Å²) in [4.78, 5) is 11.0. The molecule has 3 heteroatoms. The van der Waals surface area contributed by atoms with Crippen molar-refractivity contribution in [2.75, 3.05) is 7.05 Å². The SMILES string of the molecule is CN[C@H](CC(C)=O)Cc1ccc(F)cc1. The first kappa shape index (κ1) is 11.9. The zero-order chi connectivity index (χ0) is 11.3. The molecule has 0 fully saturated rings. The van der Waals surface area contributed by atoms with Crippen molar-refractivity contribution in [3.8, 4) is 0 Å². The Bertz CT molecular complexity index is 321. The number of halogens is 1. The molecule has 1 aromatic carbocycles. The van der Waals surface area contributed by atoms with E-state index in [0.717, 1.165) is 12.0 Å². The number of nitrogens with one attached hydrogen (secondary N) is 1. The van der Waals surface area contributed by atoms with Gasteiger partial charge >= 0.3 is 0 Å². The van der Waals surface area contributed by atoms with Gasteiger partial charge in [-0.05, 0) is 38.1 Å². The van der Waals surface area contributed by atoms with Gasteiger partial charge in [-0.15, -0.1) is 0 Å². The Morgan fingerprint density at radius 2 is 2.00 bits per heavy atom. The Morgan fingerprint density at radius 1 is 1.40 bits per heavy atom. The predicted octanol–water partition coefficient (Wildman–Crippen LogP) is 1.94. The van der Waals surface area contributed by atoms with Gasteiger partial charge in [0.05, 0.1) is 0 Å². The van der Waals surface area contributed by atoms with Gasteiger partial charge in [0.25, 0.3) is 0 Å². The lowest BCUT2D eigenvalue weighted by atomic mass is 10.0. The van der Waals surface area contributed by atoms with Crippen molar-refractivity contribution in [3.05, 3.63) is 35.6 Å². The number of ketones is 1. The number of Topliss-reactive ketones (excluding diaryl/α,β-unsaturated/α-hetero) is 1. The summed E-state index contributed by atoms with van der Waals surface area (Å²) in [6.45, 7) is 1.58. The fourth-order valence-corrected chi connectivity index (χ4v) is 1.53. The maximum absolute atomic E-state index is 12.6. The van der Waals surface area contributed by atoms with E-state index in [0.29, 0.717) is 6.42 Å². The minimum absolute atomic E-state index is 0.132. The van der Waals surface area contributed by atoms with Gasteiger partial charge in [-0.2, -0.15) is 0 Å². The maximum Gasteiger partial charge on any atom is 0.131 e. The van der Waals surface area contributed by atoms with Crippen molar-refractivity contribution in [3.63, 3.8) is 0 Å². The maximum atomic E-state index is 12.6. The van der Waals surface area contributed by atoms with Crippen LogP contribution in [0.4, 0.5) is 4.39 Å². The molecule has 15 heavy (non-hydrogen) atoms. The van der Waals surface area contributed by atoms with Gasteiger partial charge in [0.15, 0.2) is 0 Å². The van der Waals surface area contributed by atoms with Gasteiger partial charge in [0.1, 0.15) is 11.6 Å². The third kappa shape index (κ3) is 4.21. The predicted molar refractivity (Wildman–Crippen MR) is 58.2 cm³/mol. The average Bonchev–Trinajstić information content (AvgIpc) is 2.19. The molecule has 82 valence electrons. The van der Waals surface area contributed by atoms with Crippen LogP contribution in [0.5, 0.6) is 0 Å². The van der Waals surface area contributed by atoms with E-state index in [1.165, 1.54) is 12.1 Å². The third-order valence-corrected chi connectivity index (χ3v) is 2.34. The van der Waals surface area contributed by atoms with Crippen LogP contribution in [0.3, 0.4) is 0 Å². The molecule has 0 aliphatic carbocycles. The minimum atomic E-state index is -0.230. The highest BCUT2D eigenvalue weighted by atomic mass is 19.1. The molecule has 0 aromatic heterocycles. The van der Waals surface area contributed by atoms with E-state index in [4.69, 9.17) is 0 Å². The molecule has 0 bridgehead atoms. The van der Waals surface area contributed by atoms with E-state index in [-0.39, 0.29) is 17.6 Å². The van der Waals surface area contributed by atoms with E-state index in [9.17, 15) is 9.18 Å². The van der Waals surface area contributed by atoms with Crippen LogP contribution in [-0.4, -0.2) is 18.9 Å². The molecule has 0 unspecified atom stereocenters. The van der Waals surface area contributed by atoms with Crippen LogP contribution in [0, 0.1) is 5.82 Å². The number of rotatable bonds is 5. The molecule has 0 aliphatic rings. The van der Waals surface area contributed by atoms with Crippen LogP contribution in [0.2, 0.25) is 0 Å². The van der Waals surface area contributed by atoms with Crippen LogP contribution in [0.15, 0.2) is 24.3 Å². The van der Waals surface area contributed by atoms with Crippen LogP contribution in [-0.2, 0) is 11.2 Å². The number of hydrogen-bond donors (Lipinski definition) is 1. The quantitative estimate of drug-likeness (QED) is 0.803. The second-order valence-corrected chi connectivity index (χ2v) is 3.72. The zero-order valence-electron chi connectivity index (χ0n) is 9.09. The molecular formula is C12H16FNO. The molecule has 1 aromatic rings. The first-order valence-electron chi connectivity index (χ1n) is 5.03. The summed E-state index contributed by atoms with van der Waals surface area (Å²) >= 11 is 0. The number of carbonyl (C=O) groups is 1. The highest BCUT2D eigenvalue weighted by Gasteiger charge is 2.09. The largest absolute Gasteiger partial charge is 0.316 e. The number of likely N-dealkylation sites (N-methyl/N-ethyl adjacent to an activating group) is 1. The smallest absolute Gasteiger partial charge is 0.131 e. The van der Waals surface area contributed by atoms with E-state index < -0.39 is 0 Å². The van der Waals surface area contributed by atoms with Crippen LogP contribution < -0.4 is 5.32 Å². The highest BCUT2D eigenvalue weighted by Crippen LogP contribution is 2.07. The third-order valence-electron chi connectivity index (χ3n) is 2.34. The Balaban J connectivity index is 2.58. The molecule has 0 spiro atoms. The molecule has 1 rings (SSSR count). The Hall–Kier alpha value is -1.22. The fourth-order valence-electron chi connectivity index (χ4n) is 1.53. The summed E-state index contributed by atoms with van der Waals surface area (Å²) in [7, 11) is 1.83. The number of benzene rings is 1. The lowest BCUT2D eigenvalue weighted by Crippen LogP contribution is -2.29. The van der Waals surface area contributed by atoms with E-state index in [1.807, 2.05) is 7.05 Å². The van der Waals surface area contributed by atoms with Crippen LogP contribution in [0.1, 0.15) is 18.9 Å². The summed E-state index contributed by atoms with van der Waals surface area (Å²) in [5, 5.41) is 3.08. The standard InChI is InChI=1S/C12H16FNO/c1-9(15)7-12(14-2)8-10-3-5-11(13)6-4-10/h3-6,12,14H,7-8H2,1-2H3/t12-/m1/s1. The molecule has 0 amide bonds. The second-order valence-electron chi connectivity index (χ2n) is 3.72. The Kier molecular flexibility index (Phi) is 4.43. The van der Waals surface area contributed by atoms with Crippen molar-refractivity contribution in [1.82, 2.24) is 5.32 Å². The van der Waals surface area contributed by atoms with Gasteiger partial charge < -0.3 is 5.32 Å². The summed E-state index contributed by atoms with van der Waals surface area (Å²) in [5.74, 6) is -0.0669. The Morgan fingerprint density at radius 3 is 2.47 bits per heavy atom. The van der Waals surface area contributed by atoms with Crippen molar-refractivity contribution >= 4 is 5.78 Å². The summed E-state index contributed by atoms with van der Waals surface area (Å²) in [6.07, 6.45) is 1.25. The van der Waals surface area contributed by atoms with Crippen molar-refractivity contribution in [2.45, 2.75) is 25.8 Å². The minimum Gasteiger partial charge on any atom is -0.316 e. The van der Waals surface area contributed by atoms with Gasteiger partial charge in [0, 0.05) is 12.5 Å². The monoisotopic (exact) mass is 209 g/mol. The van der Waals surface area contributed by atoms with Crippen LogP contribution in [0.25, 0.3) is 0 Å². The lowest BCUT2D eigenvalue weighted by Gasteiger charge is -2.14. The lowest BCUT2D eigenvalue weighted by molar-refractivity contribution is -0.117. The van der Waals surface area contributed by atoms with E-state index in [1.54, 1.807) is 19.1 Å². The summed E-state index contributed by atoms with van der Waals surface area (Å²) in [5.41, 5.74) is 1.04. The van der Waals surface area contributed by atoms with Crippen molar-refractivity contribution in [1.29, 1.82) is 0 Å². The first-order chi connectivity index (χ1) is 7.11. The van der Waals surface area contributed by atoms with E-state index in [2.05, 4.69) is 5.32 Å². The molecule has 2 nitrogen and oxygen atoms in total. The molecule has 0 aliphatic heterocycles. The Labute approximate surface area is 89.5 Å². The summed E-state index contributed by atoms with van der Waals surface area (Å²) < 4.78 is 12.6. The molecule has 0 radical (unpaired) electrons. The molecule has 0 saturated heterocycles. The van der Waals surface area contributed by atoms with Crippen molar-refractivity contribution < 1.29 is 9.18 Å². The normalized spacial score (nSPS) is 12.5. The molecular weight excluding hydrogens is 193 g/mol. The van der Waals surface area contributed by atoms with Gasteiger partial charge in [-0.1, -0.05) is 12.1 Å². The molecule has 1 atom stereocenters. The number of hydrogen-bond acceptors (Lipinski definition) is 2. The highest BCUT2D eigenvalue weighted by molar-refractivity contribution is 5.76. The molecule has 0 saturated carbocycles. The van der Waals surface area contributed by atoms with Crippen molar-refractivity contribution in [2.24, 2.45) is 0 Å². The topological polar surface area (TPSA) is 29.1 Å². The van der Waals surface area contributed by atoms with Gasteiger partial charge in [-0.3, -0.25) is 4.79 Å². The zero-order valence-corrected chi connectivity index (χ0v) is 9.09. The number of carbonyl (C=O) groups excluding carboxylic acids is 1. The second kappa shape index (κ2) is 5.61. The van der Waals surface area contributed by atoms with Gasteiger partial charge in [0.2, 0.25) is 0 Å². The summed E-state index contributed by atoms with van der Waals surface area (Å²) in [6, 6.07) is 6.51.